The van der Waals surface area contributed by atoms with Crippen LogP contribution in [0.1, 0.15) is 19.8 Å². The lowest BCUT2D eigenvalue weighted by Crippen LogP contribution is -2.42. The number of hydrogen-bond acceptors (Lipinski definition) is 3. The Labute approximate surface area is 131 Å². The molecular weight excluding hydrogens is 292 g/mol. The summed E-state index contributed by atoms with van der Waals surface area (Å²) in [4.78, 5) is 13.2. The normalized spacial score (nSPS) is 19.8. The third-order valence-electron chi connectivity index (χ3n) is 3.31. The van der Waals surface area contributed by atoms with Gasteiger partial charge in [0.25, 0.3) is 0 Å². The van der Waals surface area contributed by atoms with E-state index >= 15 is 0 Å². The number of piperidine rings is 1. The average Bonchev–Trinajstić information content (AvgIpc) is 2.47. The summed E-state index contributed by atoms with van der Waals surface area (Å²) in [7, 11) is 0. The number of carbonyl (C=O) groups is 1. The highest BCUT2D eigenvalue weighted by molar-refractivity contribution is 8.00. The van der Waals surface area contributed by atoms with Gasteiger partial charge in [-0.15, -0.1) is 24.2 Å². The second-order valence-electron chi connectivity index (χ2n) is 5.03. The first-order chi connectivity index (χ1) is 9.25. The number of benzene rings is 1. The molecule has 3 nitrogen and oxygen atoms in total. The standard InChI is InChI=1S/C15H22N2OS.ClH/c1-12(19-14-7-3-2-4-8-14)10-17-15(18)13-6-5-9-16-11-13;/h2-4,7-8,12-13,16H,5-6,9-11H2,1H3,(H,17,18);1H. The Morgan fingerprint density at radius 2 is 2.20 bits per heavy atom. The van der Waals surface area contributed by atoms with Gasteiger partial charge in [-0.05, 0) is 31.5 Å². The monoisotopic (exact) mass is 314 g/mol. The molecule has 0 saturated carbocycles. The molecule has 1 amide bonds. The largest absolute Gasteiger partial charge is 0.355 e. The Hall–Kier alpha value is -0.710. The fourth-order valence-corrected chi connectivity index (χ4v) is 3.18. The summed E-state index contributed by atoms with van der Waals surface area (Å²) in [6.45, 7) is 4.75. The summed E-state index contributed by atoms with van der Waals surface area (Å²) < 4.78 is 0. The van der Waals surface area contributed by atoms with Crippen LogP contribution < -0.4 is 10.6 Å². The molecule has 1 fully saturated rings. The van der Waals surface area contributed by atoms with Crippen molar-refractivity contribution in [3.63, 3.8) is 0 Å². The molecule has 1 aromatic carbocycles. The zero-order valence-corrected chi connectivity index (χ0v) is 13.4. The number of rotatable bonds is 5. The predicted octanol–water partition coefficient (Wildman–Crippen LogP) is 2.70. The van der Waals surface area contributed by atoms with Crippen molar-refractivity contribution in [2.75, 3.05) is 19.6 Å². The molecule has 1 saturated heterocycles. The zero-order chi connectivity index (χ0) is 13.5. The van der Waals surface area contributed by atoms with Crippen LogP contribution in [0.3, 0.4) is 0 Å². The van der Waals surface area contributed by atoms with Gasteiger partial charge in [-0.3, -0.25) is 4.79 Å². The van der Waals surface area contributed by atoms with Gasteiger partial charge in [0.15, 0.2) is 0 Å². The van der Waals surface area contributed by atoms with Crippen molar-refractivity contribution >= 4 is 30.1 Å². The summed E-state index contributed by atoms with van der Waals surface area (Å²) in [6.07, 6.45) is 2.12. The third kappa shape index (κ3) is 5.73. The third-order valence-corrected chi connectivity index (χ3v) is 4.43. The molecule has 1 aliphatic rings. The first-order valence-corrected chi connectivity index (χ1v) is 7.84. The molecule has 2 N–H and O–H groups in total. The molecule has 2 unspecified atom stereocenters. The number of nitrogens with one attached hydrogen (secondary N) is 2. The Morgan fingerprint density at radius 3 is 2.85 bits per heavy atom. The molecule has 1 heterocycles. The Balaban J connectivity index is 0.00000200. The highest BCUT2D eigenvalue weighted by Gasteiger charge is 2.20. The van der Waals surface area contributed by atoms with Crippen molar-refractivity contribution in [1.29, 1.82) is 0 Å². The van der Waals surface area contributed by atoms with E-state index in [9.17, 15) is 4.79 Å². The second-order valence-corrected chi connectivity index (χ2v) is 6.54. The molecular formula is C15H23ClN2OS. The van der Waals surface area contributed by atoms with Gasteiger partial charge in [0.05, 0.1) is 5.92 Å². The molecule has 1 aliphatic heterocycles. The summed E-state index contributed by atoms with van der Waals surface area (Å²) in [5.74, 6) is 0.357. The van der Waals surface area contributed by atoms with Gasteiger partial charge in [-0.25, -0.2) is 0 Å². The van der Waals surface area contributed by atoms with E-state index in [0.29, 0.717) is 5.25 Å². The maximum atomic E-state index is 12.0. The molecule has 0 spiro atoms. The number of hydrogen-bond donors (Lipinski definition) is 2. The van der Waals surface area contributed by atoms with E-state index in [1.165, 1.54) is 4.90 Å². The molecule has 2 atom stereocenters. The zero-order valence-electron chi connectivity index (χ0n) is 11.8. The van der Waals surface area contributed by atoms with E-state index in [2.05, 4.69) is 29.7 Å². The van der Waals surface area contributed by atoms with Crippen LogP contribution in [0, 0.1) is 5.92 Å². The number of amides is 1. The van der Waals surface area contributed by atoms with Crippen molar-refractivity contribution in [2.24, 2.45) is 5.92 Å². The van der Waals surface area contributed by atoms with Crippen LogP contribution in [0.5, 0.6) is 0 Å². The van der Waals surface area contributed by atoms with Crippen molar-refractivity contribution in [3.05, 3.63) is 30.3 Å². The van der Waals surface area contributed by atoms with E-state index in [1.54, 1.807) is 11.8 Å². The van der Waals surface area contributed by atoms with Gasteiger partial charge in [0.1, 0.15) is 0 Å². The van der Waals surface area contributed by atoms with Gasteiger partial charge in [0, 0.05) is 23.2 Å². The Kier molecular flexibility index (Phi) is 8.04. The first kappa shape index (κ1) is 17.3. The average molecular weight is 315 g/mol. The highest BCUT2D eigenvalue weighted by Crippen LogP contribution is 2.22. The molecule has 5 heteroatoms. The molecule has 1 aromatic rings. The van der Waals surface area contributed by atoms with E-state index in [1.807, 2.05) is 18.2 Å². The fourth-order valence-electron chi connectivity index (χ4n) is 2.24. The number of halogens is 1. The molecule has 0 bridgehead atoms. The predicted molar refractivity (Wildman–Crippen MR) is 87.6 cm³/mol. The number of carbonyl (C=O) groups excluding carboxylic acids is 1. The number of thioether (sulfide) groups is 1. The molecule has 2 rings (SSSR count). The van der Waals surface area contributed by atoms with E-state index in [0.717, 1.165) is 32.5 Å². The van der Waals surface area contributed by atoms with Crippen LogP contribution in [-0.4, -0.2) is 30.8 Å². The van der Waals surface area contributed by atoms with Gasteiger partial charge in [0.2, 0.25) is 5.91 Å². The summed E-state index contributed by atoms with van der Waals surface area (Å²) in [5.41, 5.74) is 0. The first-order valence-electron chi connectivity index (χ1n) is 6.96. The van der Waals surface area contributed by atoms with E-state index in [4.69, 9.17) is 0 Å². The van der Waals surface area contributed by atoms with Gasteiger partial charge in [-0.1, -0.05) is 25.1 Å². The van der Waals surface area contributed by atoms with Crippen molar-refractivity contribution in [3.8, 4) is 0 Å². The van der Waals surface area contributed by atoms with Crippen LogP contribution >= 0.6 is 24.2 Å². The molecule has 0 aliphatic carbocycles. The van der Waals surface area contributed by atoms with Crippen LogP contribution in [0.25, 0.3) is 0 Å². The summed E-state index contributed by atoms with van der Waals surface area (Å²) >= 11 is 1.80. The minimum atomic E-state index is 0. The van der Waals surface area contributed by atoms with Crippen LogP contribution in [0.4, 0.5) is 0 Å². The highest BCUT2D eigenvalue weighted by atomic mass is 35.5. The minimum absolute atomic E-state index is 0. The molecule has 0 radical (unpaired) electrons. The van der Waals surface area contributed by atoms with Gasteiger partial charge in [-0.2, -0.15) is 0 Å². The Bertz CT molecular complexity index is 396. The van der Waals surface area contributed by atoms with Crippen molar-refractivity contribution in [2.45, 2.75) is 29.9 Å². The van der Waals surface area contributed by atoms with Crippen molar-refractivity contribution < 1.29 is 4.79 Å². The van der Waals surface area contributed by atoms with Crippen LogP contribution in [0.2, 0.25) is 0 Å². The molecule has 0 aromatic heterocycles. The SMILES string of the molecule is CC(CNC(=O)C1CCCNC1)Sc1ccccc1.Cl. The van der Waals surface area contributed by atoms with Crippen LogP contribution in [-0.2, 0) is 4.79 Å². The van der Waals surface area contributed by atoms with Crippen LogP contribution in [0.15, 0.2) is 35.2 Å². The quantitative estimate of drug-likeness (QED) is 0.821. The van der Waals surface area contributed by atoms with E-state index in [-0.39, 0.29) is 24.2 Å². The smallest absolute Gasteiger partial charge is 0.224 e. The van der Waals surface area contributed by atoms with E-state index < -0.39 is 0 Å². The van der Waals surface area contributed by atoms with Gasteiger partial charge < -0.3 is 10.6 Å². The second kappa shape index (κ2) is 9.27. The lowest BCUT2D eigenvalue weighted by atomic mass is 9.99. The maximum absolute atomic E-state index is 12.0. The Morgan fingerprint density at radius 1 is 1.45 bits per heavy atom. The molecule has 20 heavy (non-hydrogen) atoms. The lowest BCUT2D eigenvalue weighted by Gasteiger charge is -2.22. The van der Waals surface area contributed by atoms with Crippen molar-refractivity contribution in [1.82, 2.24) is 10.6 Å². The van der Waals surface area contributed by atoms with Gasteiger partial charge >= 0.3 is 0 Å². The summed E-state index contributed by atoms with van der Waals surface area (Å²) in [6, 6.07) is 10.3. The summed E-state index contributed by atoms with van der Waals surface area (Å²) in [5, 5.41) is 6.74. The molecule has 112 valence electrons. The maximum Gasteiger partial charge on any atom is 0.224 e. The topological polar surface area (TPSA) is 41.1 Å². The lowest BCUT2D eigenvalue weighted by molar-refractivity contribution is -0.125. The minimum Gasteiger partial charge on any atom is -0.355 e. The fraction of sp³-hybridized carbons (Fsp3) is 0.533.